The fourth-order valence-electron chi connectivity index (χ4n) is 4.63. The molecule has 2 aromatic carbocycles. The number of ether oxygens (including phenoxy) is 2. The van der Waals surface area contributed by atoms with E-state index in [1.807, 2.05) is 14.1 Å². The van der Waals surface area contributed by atoms with Crippen molar-refractivity contribution in [3.05, 3.63) is 59.7 Å². The first kappa shape index (κ1) is 40.6. The van der Waals surface area contributed by atoms with E-state index in [0.717, 1.165) is 25.9 Å². The summed E-state index contributed by atoms with van der Waals surface area (Å²) >= 11 is 0. The predicted octanol–water partition coefficient (Wildman–Crippen LogP) is 5.17. The molecule has 0 atom stereocenters. The Balaban J connectivity index is -0.000000491. The Kier molecular flexibility index (Phi) is 20.9. The highest BCUT2D eigenvalue weighted by Crippen LogP contribution is 2.41. The van der Waals surface area contributed by atoms with Gasteiger partial charge < -0.3 is 24.6 Å². The Labute approximate surface area is 238 Å². The number of aliphatic hydroxyl groups is 2. The molecule has 2 N–H and O–H groups in total. The van der Waals surface area contributed by atoms with Crippen molar-refractivity contribution in [2.24, 2.45) is 9.98 Å². The standard InChI is InChI=1S/C12H16N2.C12H15N2.2C2H6O.2CH4O.CH4/c2*1-12(2)9-7-5-6-8-10(9)14(4)11(12)13-3;2*1-3-2;2*1-2;/h5-8H,1-4H3;5-8H,3H2,1-2,4H3;2*1-2H3;2*2H,1H3;1H4/q;+1;;;;;. The van der Waals surface area contributed by atoms with E-state index in [9.17, 15) is 0 Å². The first-order valence-corrected chi connectivity index (χ1v) is 12.2. The van der Waals surface area contributed by atoms with Gasteiger partial charge >= 0.3 is 5.84 Å². The molecule has 0 amide bonds. The molecule has 0 aliphatic carbocycles. The molecule has 4 rings (SSSR count). The fraction of sp³-hybridized carbons (Fsp3) is 0.516. The van der Waals surface area contributed by atoms with Gasteiger partial charge in [0.05, 0.1) is 12.5 Å². The van der Waals surface area contributed by atoms with Gasteiger partial charge in [-0.25, -0.2) is 4.58 Å². The van der Waals surface area contributed by atoms with E-state index in [2.05, 4.69) is 119 Å². The zero-order chi connectivity index (χ0) is 30.1. The second-order valence-electron chi connectivity index (χ2n) is 9.25. The number of hydrogen-bond acceptors (Lipinski definition) is 6. The molecular formula is C31H55N4O4+. The van der Waals surface area contributed by atoms with Crippen molar-refractivity contribution in [2.75, 3.05) is 68.7 Å². The van der Waals surface area contributed by atoms with Gasteiger partial charge in [-0.3, -0.25) is 4.99 Å². The summed E-state index contributed by atoms with van der Waals surface area (Å²) in [6, 6.07) is 16.9. The maximum absolute atomic E-state index is 7.00. The quantitative estimate of drug-likeness (QED) is 0.351. The first-order chi connectivity index (χ1) is 18.0. The molecule has 8 nitrogen and oxygen atoms in total. The molecule has 2 heterocycles. The Morgan fingerprint density at radius 3 is 1.59 bits per heavy atom. The highest BCUT2D eigenvalue weighted by molar-refractivity contribution is 6.10. The third-order valence-corrected chi connectivity index (χ3v) is 5.99. The Morgan fingerprint density at radius 2 is 1.21 bits per heavy atom. The second-order valence-corrected chi connectivity index (χ2v) is 9.25. The number of fused-ring (bicyclic) bond motifs is 2. The molecular weight excluding hydrogens is 492 g/mol. The predicted molar refractivity (Wildman–Crippen MR) is 170 cm³/mol. The normalized spacial score (nSPS) is 15.5. The van der Waals surface area contributed by atoms with Gasteiger partial charge in [0.15, 0.2) is 0 Å². The van der Waals surface area contributed by atoms with E-state index >= 15 is 0 Å². The summed E-state index contributed by atoms with van der Waals surface area (Å²) < 4.78 is 10.6. The van der Waals surface area contributed by atoms with Gasteiger partial charge in [-0.05, 0) is 45.4 Å². The Bertz CT molecular complexity index is 1030. The van der Waals surface area contributed by atoms with Gasteiger partial charge in [0.25, 0.3) is 0 Å². The third kappa shape index (κ3) is 9.65. The molecule has 2 aliphatic rings. The lowest BCUT2D eigenvalue weighted by Gasteiger charge is -2.21. The minimum Gasteiger partial charge on any atom is -0.400 e. The molecule has 0 bridgehead atoms. The molecule has 8 heteroatoms. The maximum atomic E-state index is 7.00. The van der Waals surface area contributed by atoms with E-state index in [0.29, 0.717) is 0 Å². The number of benzene rings is 2. The third-order valence-electron chi connectivity index (χ3n) is 5.99. The van der Waals surface area contributed by atoms with Crippen LogP contribution in [0.25, 0.3) is 0 Å². The van der Waals surface area contributed by atoms with E-state index in [1.165, 1.54) is 22.5 Å². The van der Waals surface area contributed by atoms with Crippen molar-refractivity contribution in [3.8, 4) is 0 Å². The Hall–Kier alpha value is -2.91. The number of methoxy groups -OCH3 is 2. The van der Waals surface area contributed by atoms with Crippen molar-refractivity contribution in [3.63, 3.8) is 0 Å². The fourth-order valence-corrected chi connectivity index (χ4v) is 4.63. The number of nitrogens with zero attached hydrogens (tertiary/aromatic N) is 4. The first-order valence-electron chi connectivity index (χ1n) is 12.2. The van der Waals surface area contributed by atoms with Crippen LogP contribution in [0, 0.1) is 0 Å². The van der Waals surface area contributed by atoms with Crippen LogP contribution in [0.5, 0.6) is 0 Å². The van der Waals surface area contributed by atoms with Crippen molar-refractivity contribution in [1.29, 1.82) is 0 Å². The number of hydrogen-bond donors (Lipinski definition) is 2. The molecule has 2 aromatic rings. The molecule has 0 unspecified atom stereocenters. The average molecular weight is 548 g/mol. The highest BCUT2D eigenvalue weighted by atomic mass is 16.5. The zero-order valence-corrected chi connectivity index (χ0v) is 25.8. The van der Waals surface area contributed by atoms with E-state index in [-0.39, 0.29) is 18.3 Å². The van der Waals surface area contributed by atoms with Crippen LogP contribution in [-0.4, -0.2) is 97.0 Å². The SMILES string of the molecule is C.C=NC1=[N+](C)c2ccccc2C1(C)C.CN=C1N(C)c2ccccc2C1(C)C.CO.CO.COC.COC. The number of amidine groups is 2. The molecule has 0 saturated carbocycles. The summed E-state index contributed by atoms with van der Waals surface area (Å²) in [5.74, 6) is 2.16. The lowest BCUT2D eigenvalue weighted by Crippen LogP contribution is -2.33. The molecule has 0 saturated heterocycles. The van der Waals surface area contributed by atoms with Gasteiger partial charge in [-0.2, -0.15) is 0 Å². The number of likely N-dealkylation sites (N-methyl/N-ethyl adjacent to an activating group) is 1. The number of rotatable bonds is 0. The summed E-state index contributed by atoms with van der Waals surface area (Å²) in [6.45, 7) is 12.4. The van der Waals surface area contributed by atoms with Crippen molar-refractivity contribution < 1.29 is 24.3 Å². The topological polar surface area (TPSA) is 89.9 Å². The summed E-state index contributed by atoms with van der Waals surface area (Å²) in [5, 5.41) is 14.0. The van der Waals surface area contributed by atoms with Crippen LogP contribution in [0.3, 0.4) is 0 Å². The van der Waals surface area contributed by atoms with Crippen LogP contribution in [0.4, 0.5) is 11.4 Å². The van der Waals surface area contributed by atoms with E-state index in [1.54, 1.807) is 28.4 Å². The lowest BCUT2D eigenvalue weighted by atomic mass is 9.85. The zero-order valence-electron chi connectivity index (χ0n) is 25.8. The number of aliphatic hydroxyl groups excluding tert-OH is 2. The minimum absolute atomic E-state index is 0. The van der Waals surface area contributed by atoms with Gasteiger partial charge in [-0.1, -0.05) is 48.8 Å². The number of para-hydroxylation sites is 2. The summed E-state index contributed by atoms with van der Waals surface area (Å²) in [6.07, 6.45) is 0. The highest BCUT2D eigenvalue weighted by Gasteiger charge is 2.43. The van der Waals surface area contributed by atoms with Crippen molar-refractivity contribution in [1.82, 2.24) is 0 Å². The molecule has 0 radical (unpaired) electrons. The van der Waals surface area contributed by atoms with Crippen LogP contribution < -0.4 is 4.90 Å². The molecule has 222 valence electrons. The smallest absolute Gasteiger partial charge is 0.307 e. The van der Waals surface area contributed by atoms with Crippen LogP contribution in [-0.2, 0) is 20.3 Å². The van der Waals surface area contributed by atoms with Gasteiger partial charge in [-0.15, -0.1) is 0 Å². The summed E-state index contributed by atoms with van der Waals surface area (Å²) in [7, 11) is 14.5. The summed E-state index contributed by atoms with van der Waals surface area (Å²) in [4.78, 5) is 10.7. The average Bonchev–Trinajstić information content (AvgIpc) is 3.24. The van der Waals surface area contributed by atoms with Crippen molar-refractivity contribution in [2.45, 2.75) is 46.0 Å². The molecule has 2 aliphatic heterocycles. The molecule has 0 fully saturated rings. The van der Waals surface area contributed by atoms with Crippen LogP contribution in [0.15, 0.2) is 58.5 Å². The van der Waals surface area contributed by atoms with Crippen LogP contribution in [0.2, 0.25) is 0 Å². The minimum atomic E-state index is -0.0207. The summed E-state index contributed by atoms with van der Waals surface area (Å²) in [5.41, 5.74) is 5.22. The van der Waals surface area contributed by atoms with Gasteiger partial charge in [0, 0.05) is 73.4 Å². The van der Waals surface area contributed by atoms with E-state index < -0.39 is 0 Å². The monoisotopic (exact) mass is 547 g/mol. The lowest BCUT2D eigenvalue weighted by molar-refractivity contribution is -0.403. The van der Waals surface area contributed by atoms with Crippen LogP contribution >= 0.6 is 0 Å². The molecule has 39 heavy (non-hydrogen) atoms. The largest absolute Gasteiger partial charge is 0.400 e. The molecule has 0 spiro atoms. The second kappa shape index (κ2) is 20.1. The Morgan fingerprint density at radius 1 is 0.795 bits per heavy atom. The van der Waals surface area contributed by atoms with Crippen LogP contribution in [0.1, 0.15) is 46.2 Å². The van der Waals surface area contributed by atoms with Gasteiger partial charge in [0.2, 0.25) is 0 Å². The number of anilines is 1. The number of aliphatic imine (C=N–C) groups is 2. The maximum Gasteiger partial charge on any atom is 0.307 e. The van der Waals surface area contributed by atoms with Gasteiger partial charge in [0.1, 0.15) is 18.2 Å². The molecule has 0 aromatic heterocycles. The van der Waals surface area contributed by atoms with Crippen molar-refractivity contribution >= 4 is 29.8 Å². The van der Waals surface area contributed by atoms with E-state index in [4.69, 9.17) is 10.2 Å².